The third-order valence-corrected chi connectivity index (χ3v) is 4.79. The van der Waals surface area contributed by atoms with Crippen molar-refractivity contribution < 1.29 is 4.79 Å². The molecule has 0 amide bonds. The molecule has 4 heterocycles. The van der Waals surface area contributed by atoms with E-state index in [1.165, 1.54) is 0 Å². The highest BCUT2D eigenvalue weighted by molar-refractivity contribution is 5.96. The van der Waals surface area contributed by atoms with Crippen LogP contribution in [-0.4, -0.2) is 38.5 Å². The van der Waals surface area contributed by atoms with E-state index in [4.69, 9.17) is 0 Å². The quantitative estimate of drug-likeness (QED) is 0.686. The molecule has 0 radical (unpaired) electrons. The van der Waals surface area contributed by atoms with Crippen molar-refractivity contribution in [3.8, 4) is 0 Å². The number of pyridine rings is 1. The average molecular weight is 335 g/mol. The fraction of sp³-hybridized carbons (Fsp3) is 0.368. The molecule has 1 saturated heterocycles. The first-order valence-corrected chi connectivity index (χ1v) is 8.80. The molecule has 3 aromatic rings. The molecule has 0 saturated carbocycles. The van der Waals surface area contributed by atoms with Gasteiger partial charge in [0.05, 0.1) is 6.20 Å². The van der Waals surface area contributed by atoms with Crippen molar-refractivity contribution in [3.63, 3.8) is 0 Å². The van der Waals surface area contributed by atoms with Gasteiger partial charge in [0.15, 0.2) is 11.4 Å². The van der Waals surface area contributed by atoms with Crippen LogP contribution in [0.4, 0.5) is 5.82 Å². The van der Waals surface area contributed by atoms with E-state index in [1.807, 2.05) is 22.7 Å². The molecule has 0 unspecified atom stereocenters. The Labute approximate surface area is 146 Å². The summed E-state index contributed by atoms with van der Waals surface area (Å²) < 4.78 is 1.87. The predicted molar refractivity (Wildman–Crippen MR) is 95.9 cm³/mol. The zero-order chi connectivity index (χ0) is 17.2. The Morgan fingerprint density at radius 1 is 1.28 bits per heavy atom. The minimum Gasteiger partial charge on any atom is -0.356 e. The molecule has 1 atom stereocenters. The lowest BCUT2D eigenvalue weighted by molar-refractivity contribution is 0.0902. The van der Waals surface area contributed by atoms with E-state index in [2.05, 4.69) is 33.0 Å². The molecule has 4 rings (SSSR count). The van der Waals surface area contributed by atoms with Crippen LogP contribution in [0.5, 0.6) is 0 Å². The number of fused-ring (bicyclic) bond motifs is 1. The summed E-state index contributed by atoms with van der Waals surface area (Å²) >= 11 is 0. The first-order valence-electron chi connectivity index (χ1n) is 8.80. The minimum absolute atomic E-state index is 0.0347. The first kappa shape index (κ1) is 15.7. The van der Waals surface area contributed by atoms with Crippen LogP contribution in [0, 0.1) is 5.92 Å². The summed E-state index contributed by atoms with van der Waals surface area (Å²) in [6.07, 6.45) is 6.21. The van der Waals surface area contributed by atoms with Crippen molar-refractivity contribution >= 4 is 17.2 Å². The van der Waals surface area contributed by atoms with Gasteiger partial charge in [0.25, 0.3) is 0 Å². The number of piperidine rings is 1. The molecule has 0 spiro atoms. The van der Waals surface area contributed by atoms with E-state index in [0.717, 1.165) is 43.0 Å². The molecular weight excluding hydrogens is 314 g/mol. The third-order valence-electron chi connectivity index (χ3n) is 4.79. The summed E-state index contributed by atoms with van der Waals surface area (Å²) in [5.74, 6) is 1.12. The monoisotopic (exact) mass is 335 g/mol. The minimum atomic E-state index is -0.0347. The van der Waals surface area contributed by atoms with Gasteiger partial charge in [-0.15, -0.1) is 0 Å². The molecule has 0 N–H and O–H groups in total. The molecule has 1 aliphatic heterocycles. The van der Waals surface area contributed by atoms with Crippen LogP contribution in [0.2, 0.25) is 0 Å². The SMILES string of the molecule is CCc1cc(N2CCC[C@@H](C(=O)c3ccccn3)C2)n2nccc2n1. The van der Waals surface area contributed by atoms with E-state index in [-0.39, 0.29) is 11.7 Å². The topological polar surface area (TPSA) is 63.4 Å². The third kappa shape index (κ3) is 2.99. The number of Topliss-reactive ketones (excluding diaryl/α,β-unsaturated/α-hetero) is 1. The molecular formula is C19H21N5O. The molecule has 0 aliphatic carbocycles. The van der Waals surface area contributed by atoms with E-state index >= 15 is 0 Å². The number of nitrogens with zero attached hydrogens (tertiary/aromatic N) is 5. The highest BCUT2D eigenvalue weighted by Gasteiger charge is 2.28. The number of hydrogen-bond acceptors (Lipinski definition) is 5. The van der Waals surface area contributed by atoms with Gasteiger partial charge in [-0.1, -0.05) is 13.0 Å². The van der Waals surface area contributed by atoms with Gasteiger partial charge >= 0.3 is 0 Å². The highest BCUT2D eigenvalue weighted by Crippen LogP contribution is 2.26. The number of carbonyl (C=O) groups is 1. The molecule has 0 bridgehead atoms. The van der Waals surface area contributed by atoms with Crippen molar-refractivity contribution in [2.75, 3.05) is 18.0 Å². The van der Waals surface area contributed by atoms with Gasteiger partial charge < -0.3 is 4.90 Å². The number of rotatable bonds is 4. The van der Waals surface area contributed by atoms with Crippen molar-refractivity contribution in [1.82, 2.24) is 19.6 Å². The van der Waals surface area contributed by atoms with Crippen LogP contribution >= 0.6 is 0 Å². The van der Waals surface area contributed by atoms with Crippen LogP contribution in [0.25, 0.3) is 5.65 Å². The van der Waals surface area contributed by atoms with Gasteiger partial charge in [-0.3, -0.25) is 9.78 Å². The fourth-order valence-electron chi connectivity index (χ4n) is 3.47. The predicted octanol–water partition coefficient (Wildman–Crippen LogP) is 2.79. The smallest absolute Gasteiger partial charge is 0.185 e. The standard InChI is InChI=1S/C19H21N5O/c1-2-15-12-18(24-17(22-15)8-10-21-24)23-11-5-6-14(13-23)19(25)16-7-3-4-9-20-16/h3-4,7-10,12,14H,2,5-6,11,13H2,1H3/t14-/m1/s1. The highest BCUT2D eigenvalue weighted by atomic mass is 16.1. The van der Waals surface area contributed by atoms with E-state index < -0.39 is 0 Å². The second-order valence-electron chi connectivity index (χ2n) is 6.42. The Hall–Kier alpha value is -2.76. The maximum absolute atomic E-state index is 12.8. The Morgan fingerprint density at radius 2 is 2.20 bits per heavy atom. The van der Waals surface area contributed by atoms with Crippen LogP contribution in [0.15, 0.2) is 42.7 Å². The van der Waals surface area contributed by atoms with Crippen molar-refractivity contribution in [2.24, 2.45) is 5.92 Å². The summed E-state index contributed by atoms with van der Waals surface area (Å²) in [6, 6.07) is 9.51. The molecule has 1 aliphatic rings. The number of ketones is 1. The largest absolute Gasteiger partial charge is 0.356 e. The number of anilines is 1. The van der Waals surface area contributed by atoms with Crippen molar-refractivity contribution in [1.29, 1.82) is 0 Å². The molecule has 6 heteroatoms. The molecule has 128 valence electrons. The molecule has 1 fully saturated rings. The van der Waals surface area contributed by atoms with E-state index in [1.54, 1.807) is 18.5 Å². The van der Waals surface area contributed by atoms with Crippen molar-refractivity contribution in [2.45, 2.75) is 26.2 Å². The maximum Gasteiger partial charge on any atom is 0.185 e. The van der Waals surface area contributed by atoms with Crippen LogP contribution in [0.3, 0.4) is 0 Å². The van der Waals surface area contributed by atoms with Gasteiger partial charge in [0, 0.05) is 43.0 Å². The lowest BCUT2D eigenvalue weighted by Gasteiger charge is -2.33. The van der Waals surface area contributed by atoms with Gasteiger partial charge in [-0.05, 0) is 31.4 Å². The Bertz CT molecular complexity index is 889. The number of hydrogen-bond donors (Lipinski definition) is 0. The Balaban J connectivity index is 1.63. The molecule has 6 nitrogen and oxygen atoms in total. The summed E-state index contributed by atoms with van der Waals surface area (Å²) in [4.78, 5) is 23.9. The second kappa shape index (κ2) is 6.63. The van der Waals surface area contributed by atoms with Gasteiger partial charge in [0.1, 0.15) is 11.5 Å². The molecule has 0 aromatic carbocycles. The zero-order valence-corrected chi connectivity index (χ0v) is 14.3. The summed E-state index contributed by atoms with van der Waals surface area (Å²) in [5.41, 5.74) is 2.45. The summed E-state index contributed by atoms with van der Waals surface area (Å²) in [7, 11) is 0. The zero-order valence-electron chi connectivity index (χ0n) is 14.3. The maximum atomic E-state index is 12.8. The van der Waals surface area contributed by atoms with E-state index in [0.29, 0.717) is 12.2 Å². The molecule has 3 aromatic heterocycles. The van der Waals surface area contributed by atoms with E-state index in [9.17, 15) is 4.79 Å². The molecule has 25 heavy (non-hydrogen) atoms. The second-order valence-corrected chi connectivity index (χ2v) is 6.42. The number of carbonyl (C=O) groups excluding carboxylic acids is 1. The van der Waals surface area contributed by atoms with Gasteiger partial charge in [0.2, 0.25) is 0 Å². The fourth-order valence-corrected chi connectivity index (χ4v) is 3.47. The van der Waals surface area contributed by atoms with Gasteiger partial charge in [-0.25, -0.2) is 4.98 Å². The number of aromatic nitrogens is 4. The van der Waals surface area contributed by atoms with Crippen LogP contribution < -0.4 is 4.90 Å². The van der Waals surface area contributed by atoms with Crippen LogP contribution in [-0.2, 0) is 6.42 Å². The van der Waals surface area contributed by atoms with Crippen LogP contribution in [0.1, 0.15) is 35.9 Å². The first-order chi connectivity index (χ1) is 12.3. The average Bonchev–Trinajstić information content (AvgIpc) is 3.16. The Kier molecular flexibility index (Phi) is 4.17. The summed E-state index contributed by atoms with van der Waals surface area (Å²) in [5, 5.41) is 4.41. The lowest BCUT2D eigenvalue weighted by Crippen LogP contribution is -2.40. The normalized spacial score (nSPS) is 17.8. The Morgan fingerprint density at radius 3 is 3.00 bits per heavy atom. The van der Waals surface area contributed by atoms with Crippen molar-refractivity contribution in [3.05, 3.63) is 54.1 Å². The summed E-state index contributed by atoms with van der Waals surface area (Å²) in [6.45, 7) is 3.72. The lowest BCUT2D eigenvalue weighted by atomic mass is 9.92. The van der Waals surface area contributed by atoms with Gasteiger partial charge in [-0.2, -0.15) is 9.61 Å². The number of aryl methyl sites for hydroxylation is 1.